The summed E-state index contributed by atoms with van der Waals surface area (Å²) in [5, 5.41) is 2.94. The minimum atomic E-state index is -0.587. The Labute approximate surface area is 146 Å². The predicted molar refractivity (Wildman–Crippen MR) is 92.0 cm³/mol. The van der Waals surface area contributed by atoms with Crippen molar-refractivity contribution in [2.75, 3.05) is 6.54 Å². The Morgan fingerprint density at radius 2 is 1.88 bits per heavy atom. The normalized spacial score (nSPS) is 21.0. The van der Waals surface area contributed by atoms with Crippen molar-refractivity contribution in [1.29, 1.82) is 0 Å². The highest BCUT2D eigenvalue weighted by molar-refractivity contribution is 5.76. The number of carbonyl (C=O) groups is 1. The van der Waals surface area contributed by atoms with Gasteiger partial charge < -0.3 is 5.32 Å². The molecule has 1 amide bonds. The molecule has 0 bridgehead atoms. The molecule has 1 atom stereocenters. The Balaban J connectivity index is 1.64. The maximum absolute atomic E-state index is 14.3. The molecule has 3 nitrogen and oxygen atoms in total. The summed E-state index contributed by atoms with van der Waals surface area (Å²) < 4.78 is 27.5. The summed E-state index contributed by atoms with van der Waals surface area (Å²) in [6.45, 7) is 4.44. The number of hydrogen-bond donors (Lipinski definition) is 1. The Bertz CT molecular complexity index is 777. The maximum atomic E-state index is 14.3. The van der Waals surface area contributed by atoms with Crippen molar-refractivity contribution in [2.45, 2.75) is 38.5 Å². The average Bonchev–Trinajstić information content (AvgIpc) is 3.14. The van der Waals surface area contributed by atoms with Gasteiger partial charge in [0.25, 0.3) is 0 Å². The van der Waals surface area contributed by atoms with Gasteiger partial charge >= 0.3 is 0 Å². The fraction of sp³-hybridized carbons (Fsp3) is 0.400. The van der Waals surface area contributed by atoms with E-state index in [-0.39, 0.29) is 11.3 Å². The van der Waals surface area contributed by atoms with Crippen LogP contribution in [0.2, 0.25) is 0 Å². The summed E-state index contributed by atoms with van der Waals surface area (Å²) in [5.41, 5.74) is 0.922. The van der Waals surface area contributed by atoms with E-state index >= 15 is 0 Å². The van der Waals surface area contributed by atoms with Crippen molar-refractivity contribution in [3.05, 3.63) is 65.5 Å². The van der Waals surface area contributed by atoms with E-state index in [0.717, 1.165) is 18.1 Å². The van der Waals surface area contributed by atoms with Crippen LogP contribution in [0, 0.1) is 17.0 Å². The van der Waals surface area contributed by atoms with E-state index in [0.29, 0.717) is 24.9 Å². The van der Waals surface area contributed by atoms with E-state index in [1.165, 1.54) is 12.1 Å². The first-order chi connectivity index (χ1) is 11.8. The second kappa shape index (κ2) is 6.54. The van der Waals surface area contributed by atoms with E-state index in [4.69, 9.17) is 0 Å². The van der Waals surface area contributed by atoms with Gasteiger partial charge in [-0.05, 0) is 47.6 Å². The second-order valence-electron chi connectivity index (χ2n) is 7.40. The van der Waals surface area contributed by atoms with Gasteiger partial charge in [0.1, 0.15) is 11.6 Å². The van der Waals surface area contributed by atoms with Gasteiger partial charge in [-0.15, -0.1) is 0 Å². The highest BCUT2D eigenvalue weighted by Gasteiger charge is 2.62. The van der Waals surface area contributed by atoms with Crippen molar-refractivity contribution >= 4 is 5.91 Å². The van der Waals surface area contributed by atoms with Gasteiger partial charge in [-0.3, -0.25) is 9.78 Å². The maximum Gasteiger partial charge on any atom is 0.220 e. The van der Waals surface area contributed by atoms with E-state index < -0.39 is 17.0 Å². The molecule has 1 aliphatic rings. The van der Waals surface area contributed by atoms with Gasteiger partial charge in [-0.25, -0.2) is 8.78 Å². The van der Waals surface area contributed by atoms with Crippen LogP contribution in [0.25, 0.3) is 0 Å². The van der Waals surface area contributed by atoms with Gasteiger partial charge in [0, 0.05) is 36.8 Å². The molecule has 3 rings (SSSR count). The van der Waals surface area contributed by atoms with Gasteiger partial charge in [0.05, 0.1) is 0 Å². The molecular weight excluding hydrogens is 322 g/mol. The third-order valence-electron chi connectivity index (χ3n) is 5.34. The van der Waals surface area contributed by atoms with E-state index in [9.17, 15) is 13.6 Å². The Hall–Kier alpha value is -2.30. The van der Waals surface area contributed by atoms with Crippen LogP contribution in [0.3, 0.4) is 0 Å². The largest absolute Gasteiger partial charge is 0.355 e. The van der Waals surface area contributed by atoms with Crippen molar-refractivity contribution in [1.82, 2.24) is 10.3 Å². The topological polar surface area (TPSA) is 42.0 Å². The summed E-state index contributed by atoms with van der Waals surface area (Å²) in [4.78, 5) is 16.1. The molecule has 1 N–H and O–H groups in total. The molecule has 25 heavy (non-hydrogen) atoms. The van der Waals surface area contributed by atoms with Crippen molar-refractivity contribution in [2.24, 2.45) is 5.41 Å². The standard InChI is InChI=1S/C20H22F2N2O/c1-19(2)12-20(19,16-5-4-15(21)11-17(16)22)13-24-18(25)6-3-14-7-9-23-10-8-14/h4-5,7-11H,3,6,12-13H2,1-2H3,(H,24,25). The van der Waals surface area contributed by atoms with Crippen molar-refractivity contribution < 1.29 is 13.6 Å². The Kier molecular flexibility index (Phi) is 4.58. The lowest BCUT2D eigenvalue weighted by Gasteiger charge is -2.22. The number of carbonyl (C=O) groups excluding carboxylic acids is 1. The number of benzene rings is 1. The average molecular weight is 344 g/mol. The Morgan fingerprint density at radius 3 is 2.48 bits per heavy atom. The summed E-state index contributed by atoms with van der Waals surface area (Å²) >= 11 is 0. The van der Waals surface area contributed by atoms with E-state index in [1.54, 1.807) is 12.4 Å². The van der Waals surface area contributed by atoms with E-state index in [2.05, 4.69) is 10.3 Å². The summed E-state index contributed by atoms with van der Waals surface area (Å²) in [7, 11) is 0. The molecule has 0 aliphatic heterocycles. The number of aryl methyl sites for hydroxylation is 1. The number of hydrogen-bond acceptors (Lipinski definition) is 2. The molecule has 0 spiro atoms. The molecule has 5 heteroatoms. The van der Waals surface area contributed by atoms with Crippen LogP contribution in [-0.2, 0) is 16.6 Å². The fourth-order valence-corrected chi connectivity index (χ4v) is 3.59. The number of nitrogens with zero attached hydrogens (tertiary/aromatic N) is 1. The minimum Gasteiger partial charge on any atom is -0.355 e. The third kappa shape index (κ3) is 3.55. The zero-order chi connectivity index (χ0) is 18.1. The van der Waals surface area contributed by atoms with Crippen LogP contribution in [0.5, 0.6) is 0 Å². The molecule has 1 unspecified atom stereocenters. The van der Waals surface area contributed by atoms with Crippen LogP contribution >= 0.6 is 0 Å². The van der Waals surface area contributed by atoms with Crippen LogP contribution in [0.15, 0.2) is 42.7 Å². The van der Waals surface area contributed by atoms with Gasteiger partial charge in [-0.2, -0.15) is 0 Å². The molecule has 1 heterocycles. The van der Waals surface area contributed by atoms with Crippen molar-refractivity contribution in [3.8, 4) is 0 Å². The fourth-order valence-electron chi connectivity index (χ4n) is 3.59. The lowest BCUT2D eigenvalue weighted by atomic mass is 9.87. The first-order valence-corrected chi connectivity index (χ1v) is 8.45. The zero-order valence-corrected chi connectivity index (χ0v) is 14.5. The first kappa shape index (κ1) is 17.5. The Morgan fingerprint density at radius 1 is 1.20 bits per heavy atom. The number of aromatic nitrogens is 1. The lowest BCUT2D eigenvalue weighted by molar-refractivity contribution is -0.121. The number of pyridine rings is 1. The van der Waals surface area contributed by atoms with Crippen LogP contribution in [0.4, 0.5) is 8.78 Å². The molecule has 1 aliphatic carbocycles. The molecule has 0 radical (unpaired) electrons. The van der Waals surface area contributed by atoms with Crippen LogP contribution in [-0.4, -0.2) is 17.4 Å². The van der Waals surface area contributed by atoms with Crippen LogP contribution < -0.4 is 5.32 Å². The van der Waals surface area contributed by atoms with Crippen LogP contribution in [0.1, 0.15) is 37.8 Å². The van der Waals surface area contributed by atoms with Gasteiger partial charge in [0.2, 0.25) is 5.91 Å². The SMILES string of the molecule is CC1(C)CC1(CNC(=O)CCc1ccncc1)c1ccc(F)cc1F. The minimum absolute atomic E-state index is 0.0681. The molecular formula is C20H22F2N2O. The summed E-state index contributed by atoms with van der Waals surface area (Å²) in [6.07, 6.45) is 5.16. The number of nitrogens with one attached hydrogen (secondary N) is 1. The third-order valence-corrected chi connectivity index (χ3v) is 5.34. The zero-order valence-electron chi connectivity index (χ0n) is 14.5. The monoisotopic (exact) mass is 344 g/mol. The molecule has 1 aromatic carbocycles. The molecule has 1 fully saturated rings. The lowest BCUT2D eigenvalue weighted by Crippen LogP contribution is -2.35. The molecule has 2 aromatic rings. The molecule has 1 aromatic heterocycles. The highest BCUT2D eigenvalue weighted by atomic mass is 19.1. The summed E-state index contributed by atoms with van der Waals surface area (Å²) in [5.74, 6) is -1.20. The first-order valence-electron chi connectivity index (χ1n) is 8.45. The smallest absolute Gasteiger partial charge is 0.220 e. The molecule has 132 valence electrons. The highest BCUT2D eigenvalue weighted by Crippen LogP contribution is 2.64. The van der Waals surface area contributed by atoms with Gasteiger partial charge in [0.15, 0.2) is 0 Å². The van der Waals surface area contributed by atoms with Gasteiger partial charge in [-0.1, -0.05) is 19.9 Å². The quantitative estimate of drug-likeness (QED) is 0.867. The summed E-state index contributed by atoms with van der Waals surface area (Å²) in [6, 6.07) is 7.46. The molecule has 0 saturated heterocycles. The predicted octanol–water partition coefficient (Wildman–Crippen LogP) is 3.78. The number of amides is 1. The second-order valence-corrected chi connectivity index (χ2v) is 7.40. The number of rotatable bonds is 6. The van der Waals surface area contributed by atoms with E-state index in [1.807, 2.05) is 26.0 Å². The molecule has 1 saturated carbocycles. The van der Waals surface area contributed by atoms with Crippen molar-refractivity contribution in [3.63, 3.8) is 0 Å². The number of halogens is 2.